The zero-order valence-electron chi connectivity index (χ0n) is 13.8. The number of benzene rings is 2. The van der Waals surface area contributed by atoms with E-state index in [1.165, 1.54) is 17.4 Å². The molecule has 6 heteroatoms. The highest BCUT2D eigenvalue weighted by Crippen LogP contribution is 2.32. The van der Waals surface area contributed by atoms with Gasteiger partial charge in [-0.3, -0.25) is 0 Å². The van der Waals surface area contributed by atoms with E-state index in [9.17, 15) is 12.8 Å². The van der Waals surface area contributed by atoms with Crippen molar-refractivity contribution < 1.29 is 12.8 Å². The molecule has 0 bridgehead atoms. The Balaban J connectivity index is 2.49. The Hall–Kier alpha value is -2.23. The number of nitrogens with zero attached hydrogens (tertiary/aromatic N) is 2. The Morgan fingerprint density at radius 2 is 1.75 bits per heavy atom. The van der Waals surface area contributed by atoms with Crippen LogP contribution < -0.4 is 0 Å². The molecular formula is C18H19FN2O2S. The molecule has 2 aromatic rings. The van der Waals surface area contributed by atoms with Crippen LogP contribution in [0, 0.1) is 23.1 Å². The van der Waals surface area contributed by atoms with E-state index in [0.29, 0.717) is 0 Å². The van der Waals surface area contributed by atoms with Gasteiger partial charge < -0.3 is 0 Å². The van der Waals surface area contributed by atoms with Gasteiger partial charge in [0.25, 0.3) is 0 Å². The maximum Gasteiger partial charge on any atom is 0.243 e. The zero-order valence-corrected chi connectivity index (χ0v) is 14.6. The standard InChI is InChI=1S/C18H19FN2O2S/c1-13(2)18(14-7-5-4-6-8-14)21(3)24(22,23)16-9-10-17(19)15(11-16)12-20/h4-11,13,18H,1-3H3. The highest BCUT2D eigenvalue weighted by Gasteiger charge is 2.31. The van der Waals surface area contributed by atoms with Crippen LogP contribution in [-0.4, -0.2) is 19.8 Å². The average molecular weight is 346 g/mol. The molecule has 0 N–H and O–H groups in total. The molecule has 0 amide bonds. The fraction of sp³-hybridized carbons (Fsp3) is 0.278. The fourth-order valence-electron chi connectivity index (χ4n) is 2.73. The summed E-state index contributed by atoms with van der Waals surface area (Å²) in [5, 5.41) is 8.92. The van der Waals surface area contributed by atoms with E-state index in [-0.39, 0.29) is 22.4 Å². The van der Waals surface area contributed by atoms with Crippen molar-refractivity contribution in [3.63, 3.8) is 0 Å². The Bertz CT molecular complexity index is 858. The SMILES string of the molecule is CC(C)C(c1ccccc1)N(C)S(=O)(=O)c1ccc(F)c(C#N)c1. The number of hydrogen-bond acceptors (Lipinski definition) is 3. The lowest BCUT2D eigenvalue weighted by Gasteiger charge is -2.31. The third-order valence-electron chi connectivity index (χ3n) is 3.90. The summed E-state index contributed by atoms with van der Waals surface area (Å²) >= 11 is 0. The molecule has 0 aliphatic rings. The smallest absolute Gasteiger partial charge is 0.207 e. The third-order valence-corrected chi connectivity index (χ3v) is 5.73. The lowest BCUT2D eigenvalue weighted by Crippen LogP contribution is -2.34. The van der Waals surface area contributed by atoms with E-state index in [1.54, 1.807) is 6.07 Å². The van der Waals surface area contributed by atoms with E-state index in [0.717, 1.165) is 17.7 Å². The molecule has 0 radical (unpaired) electrons. The molecule has 0 saturated heterocycles. The molecule has 126 valence electrons. The van der Waals surface area contributed by atoms with Crippen molar-refractivity contribution in [3.05, 3.63) is 65.5 Å². The number of hydrogen-bond donors (Lipinski definition) is 0. The maximum absolute atomic E-state index is 13.5. The van der Waals surface area contributed by atoms with Crippen molar-refractivity contribution in [2.45, 2.75) is 24.8 Å². The molecule has 0 aliphatic carbocycles. The molecule has 4 nitrogen and oxygen atoms in total. The molecule has 1 unspecified atom stereocenters. The molecule has 2 aromatic carbocycles. The number of rotatable bonds is 5. The molecule has 1 atom stereocenters. The summed E-state index contributed by atoms with van der Waals surface area (Å²) in [5.74, 6) is -0.703. The fourth-order valence-corrected chi connectivity index (χ4v) is 4.23. The molecule has 0 saturated carbocycles. The van der Waals surface area contributed by atoms with Gasteiger partial charge in [-0.2, -0.15) is 9.57 Å². The van der Waals surface area contributed by atoms with Crippen LogP contribution in [0.15, 0.2) is 53.4 Å². The van der Waals surface area contributed by atoms with Crippen LogP contribution in [0.1, 0.15) is 31.0 Å². The Kier molecular flexibility index (Phi) is 5.37. The first kappa shape index (κ1) is 18.1. The zero-order chi connectivity index (χ0) is 17.9. The van der Waals surface area contributed by atoms with E-state index in [2.05, 4.69) is 0 Å². The molecule has 24 heavy (non-hydrogen) atoms. The van der Waals surface area contributed by atoms with Crippen LogP contribution in [-0.2, 0) is 10.0 Å². The van der Waals surface area contributed by atoms with Gasteiger partial charge in [-0.25, -0.2) is 12.8 Å². The van der Waals surface area contributed by atoms with E-state index in [1.807, 2.05) is 44.2 Å². The summed E-state index contributed by atoms with van der Waals surface area (Å²) in [6, 6.07) is 13.9. The summed E-state index contributed by atoms with van der Waals surface area (Å²) in [6.45, 7) is 3.88. The van der Waals surface area contributed by atoms with Gasteiger partial charge in [0.05, 0.1) is 16.5 Å². The van der Waals surface area contributed by atoms with Crippen LogP contribution in [0.4, 0.5) is 4.39 Å². The molecule has 0 fully saturated rings. The molecule has 0 aromatic heterocycles. The summed E-state index contributed by atoms with van der Waals surface area (Å²) < 4.78 is 40.6. The van der Waals surface area contributed by atoms with Crippen LogP contribution in [0.2, 0.25) is 0 Å². The van der Waals surface area contributed by atoms with E-state index >= 15 is 0 Å². The van der Waals surface area contributed by atoms with E-state index < -0.39 is 15.8 Å². The second kappa shape index (κ2) is 7.12. The third kappa shape index (κ3) is 3.48. The van der Waals surface area contributed by atoms with Gasteiger partial charge >= 0.3 is 0 Å². The summed E-state index contributed by atoms with van der Waals surface area (Å²) in [4.78, 5) is -0.0930. The minimum Gasteiger partial charge on any atom is -0.207 e. The second-order valence-corrected chi connectivity index (χ2v) is 7.87. The first-order valence-corrected chi connectivity index (χ1v) is 8.95. The average Bonchev–Trinajstić information content (AvgIpc) is 2.55. The van der Waals surface area contributed by atoms with Gasteiger partial charge in [-0.15, -0.1) is 0 Å². The molecule has 0 heterocycles. The van der Waals surface area contributed by atoms with Crippen molar-refractivity contribution in [3.8, 4) is 6.07 Å². The maximum atomic E-state index is 13.5. The van der Waals surface area contributed by atoms with Crippen molar-refractivity contribution in [2.75, 3.05) is 7.05 Å². The summed E-state index contributed by atoms with van der Waals surface area (Å²) in [5.41, 5.74) is 0.589. The first-order valence-electron chi connectivity index (χ1n) is 7.51. The number of halogens is 1. The van der Waals surface area contributed by atoms with Gasteiger partial charge in [0, 0.05) is 7.05 Å². The van der Waals surface area contributed by atoms with E-state index in [4.69, 9.17) is 5.26 Å². The monoisotopic (exact) mass is 346 g/mol. The first-order chi connectivity index (χ1) is 11.3. The Morgan fingerprint density at radius 3 is 2.29 bits per heavy atom. The second-order valence-electron chi connectivity index (χ2n) is 5.87. The van der Waals surface area contributed by atoms with Crippen LogP contribution >= 0.6 is 0 Å². The lowest BCUT2D eigenvalue weighted by atomic mass is 9.96. The Morgan fingerprint density at radius 1 is 1.12 bits per heavy atom. The van der Waals surface area contributed by atoms with Gasteiger partial charge in [0.15, 0.2) is 0 Å². The Labute approximate surface area is 142 Å². The van der Waals surface area contributed by atoms with Gasteiger partial charge in [-0.1, -0.05) is 44.2 Å². The van der Waals surface area contributed by atoms with Crippen molar-refractivity contribution in [2.24, 2.45) is 5.92 Å². The van der Waals surface area contributed by atoms with Crippen LogP contribution in [0.5, 0.6) is 0 Å². The lowest BCUT2D eigenvalue weighted by molar-refractivity contribution is 0.300. The van der Waals surface area contributed by atoms with Gasteiger partial charge in [0.1, 0.15) is 11.9 Å². The minimum absolute atomic E-state index is 0.0306. The van der Waals surface area contributed by atoms with Crippen molar-refractivity contribution >= 4 is 10.0 Å². The molecule has 2 rings (SSSR count). The van der Waals surface area contributed by atoms with Gasteiger partial charge in [0.2, 0.25) is 10.0 Å². The predicted octanol–water partition coefficient (Wildman–Crippen LogP) is 3.72. The highest BCUT2D eigenvalue weighted by molar-refractivity contribution is 7.89. The number of sulfonamides is 1. The minimum atomic E-state index is -3.87. The highest BCUT2D eigenvalue weighted by atomic mass is 32.2. The number of nitriles is 1. The molecule has 0 spiro atoms. The largest absolute Gasteiger partial charge is 0.243 e. The molecular weight excluding hydrogens is 327 g/mol. The van der Waals surface area contributed by atoms with Gasteiger partial charge in [-0.05, 0) is 29.7 Å². The normalized spacial score (nSPS) is 13.0. The van der Waals surface area contributed by atoms with Crippen LogP contribution in [0.25, 0.3) is 0 Å². The summed E-state index contributed by atoms with van der Waals surface area (Å²) in [6.07, 6.45) is 0. The topological polar surface area (TPSA) is 61.2 Å². The quantitative estimate of drug-likeness (QED) is 0.829. The summed E-state index contributed by atoms with van der Waals surface area (Å²) in [7, 11) is -2.36. The predicted molar refractivity (Wildman–Crippen MR) is 90.1 cm³/mol. The van der Waals surface area contributed by atoms with Crippen molar-refractivity contribution in [1.82, 2.24) is 4.31 Å². The van der Waals surface area contributed by atoms with Crippen molar-refractivity contribution in [1.29, 1.82) is 5.26 Å². The molecule has 0 aliphatic heterocycles. The van der Waals surface area contributed by atoms with Crippen LogP contribution in [0.3, 0.4) is 0 Å².